The van der Waals surface area contributed by atoms with Gasteiger partial charge in [0, 0.05) is 112 Å². The second-order valence-corrected chi connectivity index (χ2v) is 19.6. The zero-order valence-corrected chi connectivity index (χ0v) is 49.9. The highest BCUT2D eigenvalue weighted by molar-refractivity contribution is 5.68. The molecule has 0 unspecified atom stereocenters. The smallest absolute Gasteiger partial charge is 0.305 e. The molecule has 0 aromatic heterocycles. The first-order chi connectivity index (χ1) is 43.8. The lowest BCUT2D eigenvalue weighted by molar-refractivity contribution is -0.387. The Hall–Kier alpha value is -9.60. The van der Waals surface area contributed by atoms with E-state index < -0.39 is 55.6 Å². The van der Waals surface area contributed by atoms with Crippen LogP contribution in [-0.4, -0.2) is 145 Å². The quantitative estimate of drug-likeness (QED) is 0.00384. The monoisotopic (exact) mass is 1280 g/mol. The number of piperidine rings is 1. The third-order valence-electron chi connectivity index (χ3n) is 13.0. The molecule has 0 radical (unpaired) electrons. The lowest BCUT2D eigenvalue weighted by Gasteiger charge is -2.43. The van der Waals surface area contributed by atoms with Gasteiger partial charge in [-0.3, -0.25) is 45.4 Å². The van der Waals surface area contributed by atoms with E-state index in [-0.39, 0.29) is 59.6 Å². The van der Waals surface area contributed by atoms with Crippen LogP contribution in [0.25, 0.3) is 41.8 Å². The van der Waals surface area contributed by atoms with Crippen LogP contribution in [0, 0.1) is 46.3 Å². The Labute approximate surface area is 521 Å². The molecule has 1 aliphatic rings. The number of nitrogens with two attached hydrogens (primary N) is 1. The van der Waals surface area contributed by atoms with E-state index in [9.17, 15) is 70.1 Å². The van der Waals surface area contributed by atoms with Crippen molar-refractivity contribution in [1.82, 2.24) is 4.90 Å². The summed E-state index contributed by atoms with van der Waals surface area (Å²) >= 11 is 0. The van der Waals surface area contributed by atoms with E-state index in [1.165, 1.54) is 54.6 Å². The molecule has 0 aliphatic carbocycles. The number of hydrogen-bond donors (Lipinski definition) is 10. The average Bonchev–Trinajstić information content (AvgIpc) is 1.38. The fraction of sp³-hybridized carbons (Fsp3) is 0.537. The fourth-order valence-electron chi connectivity index (χ4n) is 8.39. The van der Waals surface area contributed by atoms with Crippen LogP contribution in [-0.2, 0) is 4.79 Å². The van der Waals surface area contributed by atoms with E-state index in [0.717, 1.165) is 127 Å². The van der Waals surface area contributed by atoms with Crippen LogP contribution in [0.2, 0.25) is 0 Å². The van der Waals surface area contributed by atoms with Gasteiger partial charge < -0.3 is 57.1 Å². The normalized spacial score (nSPS) is 14.4. The van der Waals surface area contributed by atoms with Crippen molar-refractivity contribution in [2.24, 2.45) is 26.2 Å². The number of anilines is 3. The Morgan fingerprint density at radius 1 is 0.527 bits per heavy atom. The number of benzene rings is 4. The minimum Gasteiger partial charge on any atom is -0.396 e. The van der Waals surface area contributed by atoms with Crippen molar-refractivity contribution in [2.75, 3.05) is 75.0 Å². The molecule has 4 atom stereocenters. The Balaban J connectivity index is 0.000000602. The number of nitro groups is 4. The Kier molecular flexibility index (Phi) is 42.2. The first kappa shape index (κ1) is 79.4. The van der Waals surface area contributed by atoms with Gasteiger partial charge in [0.25, 0.3) is 17.1 Å². The number of rotatable bonds is 36. The van der Waals surface area contributed by atoms with Crippen LogP contribution in [0.5, 0.6) is 0 Å². The second-order valence-electron chi connectivity index (χ2n) is 19.6. The van der Waals surface area contributed by atoms with Gasteiger partial charge in [-0.2, -0.15) is 4.39 Å². The molecule has 11 N–H and O–H groups in total. The molecule has 1 aliphatic heterocycles. The van der Waals surface area contributed by atoms with Gasteiger partial charge in [0.1, 0.15) is 35.6 Å². The Morgan fingerprint density at radius 3 is 1.23 bits per heavy atom. The third-order valence-corrected chi connectivity index (χ3v) is 13.0. The topological polar surface area (TPSA) is 571 Å². The summed E-state index contributed by atoms with van der Waals surface area (Å²) in [5.41, 5.74) is 39.0. The van der Waals surface area contributed by atoms with Crippen molar-refractivity contribution in [1.29, 1.82) is 0 Å². The molecule has 36 nitrogen and oxygen atoms in total. The molecular formula is C54H78FN21O15. The van der Waals surface area contributed by atoms with Gasteiger partial charge >= 0.3 is 5.69 Å². The summed E-state index contributed by atoms with van der Waals surface area (Å²) in [5, 5.41) is 121. The third kappa shape index (κ3) is 32.5. The minimum atomic E-state index is -1.26. The molecule has 91 heavy (non-hydrogen) atoms. The number of aliphatic hydroxyl groups excluding tert-OH is 6. The maximum Gasteiger partial charge on any atom is 0.305 e. The fourth-order valence-corrected chi connectivity index (χ4v) is 8.39. The highest BCUT2D eigenvalue weighted by atomic mass is 19.1. The molecule has 4 aromatic carbocycles. The van der Waals surface area contributed by atoms with E-state index in [1.54, 1.807) is 4.90 Å². The maximum atomic E-state index is 12.7. The summed E-state index contributed by atoms with van der Waals surface area (Å²) in [5.74, 6) is -0.957. The van der Waals surface area contributed by atoms with Crippen molar-refractivity contribution in [3.8, 4) is 0 Å². The standard InChI is InChI=1S/C18H28N6O6.C12H17N5O3.C12H15N5O3.C6H3FN4O2.C6H15NO/c19-22-21-12-5-6-13(14(9-12)24(29)30)20-7-3-1-2-4-8-23-10-16(26)18(28)17(27)15(23)11-25;2*13-16-15-10-5-6-11(12(9-10)17(19)20)14-7-3-1-2-4-8-18;7-5-2-1-4(9-10-8)3-6(5)11(12)13;7-5-3-1-2-4-6-8/h5-6,9,15-18,20,25-28H,1-4,7-8,10-11H2;5-6,9,14,18H,1-4,7-8H2;5-6,8-9,14H,1-4,7H2;1-3H;8H,1-7H2/t15-,16+,17-,18-;;;;/m1..../s1. The first-order valence-electron chi connectivity index (χ1n) is 28.8. The first-order valence-corrected chi connectivity index (χ1v) is 28.8. The zero-order valence-electron chi connectivity index (χ0n) is 49.9. The number of carbonyl (C=O) groups excluding carboxylic acids is 1. The highest BCUT2D eigenvalue weighted by Crippen LogP contribution is 2.32. The van der Waals surface area contributed by atoms with Gasteiger partial charge in [0.2, 0.25) is 5.82 Å². The van der Waals surface area contributed by atoms with Crippen molar-refractivity contribution < 1.29 is 59.5 Å². The molecule has 5 rings (SSSR count). The molecule has 4 aromatic rings. The molecule has 0 bridgehead atoms. The Morgan fingerprint density at radius 2 is 0.879 bits per heavy atom. The molecular weight excluding hydrogens is 1200 g/mol. The van der Waals surface area contributed by atoms with Crippen LogP contribution >= 0.6 is 0 Å². The lowest BCUT2D eigenvalue weighted by Crippen LogP contribution is -2.62. The van der Waals surface area contributed by atoms with E-state index in [0.29, 0.717) is 56.3 Å². The van der Waals surface area contributed by atoms with Crippen LogP contribution in [0.15, 0.2) is 93.3 Å². The van der Waals surface area contributed by atoms with Crippen molar-refractivity contribution in [2.45, 2.75) is 127 Å². The number of nitro benzene ring substituents is 4. The summed E-state index contributed by atoms with van der Waals surface area (Å²) < 4.78 is 12.7. The van der Waals surface area contributed by atoms with Crippen LogP contribution in [0.3, 0.4) is 0 Å². The Bertz CT molecular complexity index is 3070. The largest absolute Gasteiger partial charge is 0.396 e. The number of likely N-dealkylation sites (tertiary alicyclic amines) is 1. The minimum absolute atomic E-state index is 0.00981. The van der Waals surface area contributed by atoms with E-state index in [1.807, 2.05) is 0 Å². The number of nitrogens with zero attached hydrogens (tertiary/aromatic N) is 17. The van der Waals surface area contributed by atoms with Crippen molar-refractivity contribution in [3.05, 3.63) is 161 Å². The summed E-state index contributed by atoms with van der Waals surface area (Å²) in [6.07, 6.45) is 11.6. The van der Waals surface area contributed by atoms with Gasteiger partial charge in [-0.05, 0) is 117 Å². The summed E-state index contributed by atoms with van der Waals surface area (Å²) in [4.78, 5) is 63.0. The van der Waals surface area contributed by atoms with E-state index in [2.05, 4.69) is 56.1 Å². The second kappa shape index (κ2) is 48.3. The van der Waals surface area contributed by atoms with Crippen LogP contribution in [0.4, 0.5) is 67.0 Å². The summed E-state index contributed by atoms with van der Waals surface area (Å²) in [7, 11) is 0. The molecule has 1 fully saturated rings. The maximum absolute atomic E-state index is 12.7. The molecule has 0 saturated carbocycles. The molecule has 0 amide bonds. The van der Waals surface area contributed by atoms with E-state index >= 15 is 0 Å². The number of aldehydes is 1. The zero-order chi connectivity index (χ0) is 67.8. The number of β-amino-alcohol motifs (C(OH)–C–C–N with tert-alkyl or cyclic N) is 1. The van der Waals surface area contributed by atoms with Crippen LogP contribution in [0.1, 0.15) is 103 Å². The average molecular weight is 1280 g/mol. The predicted molar refractivity (Wildman–Crippen MR) is 337 cm³/mol. The number of azide groups is 4. The highest BCUT2D eigenvalue weighted by Gasteiger charge is 2.40. The molecule has 0 spiro atoms. The number of aliphatic hydroxyl groups is 6. The van der Waals surface area contributed by atoms with Gasteiger partial charge in [-0.15, -0.1) is 0 Å². The number of hydrogen-bond acceptors (Lipinski definition) is 24. The van der Waals surface area contributed by atoms with Crippen molar-refractivity contribution >= 4 is 68.8 Å². The summed E-state index contributed by atoms with van der Waals surface area (Å²) in [6, 6.07) is 15.1. The van der Waals surface area contributed by atoms with Gasteiger partial charge in [-0.1, -0.05) is 83.6 Å². The number of halogens is 1. The van der Waals surface area contributed by atoms with Gasteiger partial charge in [0.15, 0.2) is 0 Å². The molecule has 496 valence electrons. The molecule has 37 heteroatoms. The lowest BCUT2D eigenvalue weighted by atomic mass is 9.94. The molecule has 1 saturated heterocycles. The van der Waals surface area contributed by atoms with Crippen molar-refractivity contribution in [3.63, 3.8) is 0 Å². The number of unbranched alkanes of at least 4 members (excludes halogenated alkanes) is 12. The van der Waals surface area contributed by atoms with E-state index in [4.69, 9.17) is 38.1 Å². The summed E-state index contributed by atoms with van der Waals surface area (Å²) in [6.45, 7) is 3.51. The van der Waals surface area contributed by atoms with Gasteiger partial charge in [-0.25, -0.2) is 0 Å². The number of carbonyl (C=O) groups is 1. The SMILES string of the molecule is NCCCCCCO.[N-]=[N+]=Nc1ccc(F)c([N+](=O)[O-])c1.[N-]=[N+]=Nc1ccc(NCCCCCC=O)c([N+](=O)[O-])c1.[N-]=[N+]=Nc1ccc(NCCCCCCN2C[C@H](O)[C@@H](O)[C@H](O)[C@H]2CO)c([N+](=O)[O-])c1.[N-]=[N+]=Nc1ccc(NCCCCCCO)c([N+](=O)[O-])c1. The molecule has 1 heterocycles. The number of nitrogens with one attached hydrogen (secondary N) is 3. The van der Waals surface area contributed by atoms with Gasteiger partial charge in [0.05, 0.1) is 38.4 Å². The van der Waals surface area contributed by atoms with Crippen LogP contribution < -0.4 is 21.7 Å². The predicted octanol–water partition coefficient (Wildman–Crippen LogP) is 11.7.